The summed E-state index contributed by atoms with van der Waals surface area (Å²) < 4.78 is 0. The van der Waals surface area contributed by atoms with Gasteiger partial charge >= 0.3 is 0 Å². The van der Waals surface area contributed by atoms with E-state index in [2.05, 4.69) is 28.3 Å². The van der Waals surface area contributed by atoms with Crippen molar-refractivity contribution in [1.29, 1.82) is 0 Å². The van der Waals surface area contributed by atoms with Gasteiger partial charge in [0.05, 0.1) is 5.69 Å². The fourth-order valence-corrected chi connectivity index (χ4v) is 1.48. The molecule has 2 N–H and O–H groups in total. The van der Waals surface area contributed by atoms with Crippen LogP contribution in [-0.4, -0.2) is 9.97 Å². The van der Waals surface area contributed by atoms with Gasteiger partial charge in [-0.15, -0.1) is 0 Å². The van der Waals surface area contributed by atoms with Crippen LogP contribution in [0.15, 0.2) is 42.7 Å². The van der Waals surface area contributed by atoms with E-state index < -0.39 is 0 Å². The third kappa shape index (κ3) is 2.67. The van der Waals surface area contributed by atoms with Crippen LogP contribution in [0.1, 0.15) is 24.4 Å². The van der Waals surface area contributed by atoms with E-state index in [1.165, 1.54) is 5.69 Å². The standard InChI is InChI=1S/C12H15N3/c1-10(12-6-2-3-7-14-12)15-9-11-5-4-8-13-11/h2-8,10,13,15H,9H2,1H3. The number of nitrogens with zero attached hydrogens (tertiary/aromatic N) is 1. The second kappa shape index (κ2) is 4.75. The Morgan fingerprint density at radius 1 is 1.33 bits per heavy atom. The summed E-state index contributed by atoms with van der Waals surface area (Å²) in [6.45, 7) is 2.95. The van der Waals surface area contributed by atoms with E-state index in [1.807, 2.05) is 36.7 Å². The average Bonchev–Trinajstić information content (AvgIpc) is 2.80. The smallest absolute Gasteiger partial charge is 0.0570 e. The summed E-state index contributed by atoms with van der Waals surface area (Å²) >= 11 is 0. The maximum Gasteiger partial charge on any atom is 0.0570 e. The molecule has 0 fully saturated rings. The molecule has 1 atom stereocenters. The van der Waals surface area contributed by atoms with E-state index in [1.54, 1.807) is 0 Å². The molecule has 15 heavy (non-hydrogen) atoms. The predicted octanol–water partition coefficient (Wildman–Crippen LogP) is 2.26. The zero-order valence-electron chi connectivity index (χ0n) is 8.77. The van der Waals surface area contributed by atoms with Crippen LogP contribution >= 0.6 is 0 Å². The Morgan fingerprint density at radius 3 is 2.93 bits per heavy atom. The van der Waals surface area contributed by atoms with Crippen molar-refractivity contribution in [3.8, 4) is 0 Å². The largest absolute Gasteiger partial charge is 0.364 e. The molecular formula is C12H15N3. The number of rotatable bonds is 4. The van der Waals surface area contributed by atoms with Crippen molar-refractivity contribution in [3.63, 3.8) is 0 Å². The molecule has 3 heteroatoms. The Morgan fingerprint density at radius 2 is 2.27 bits per heavy atom. The Labute approximate surface area is 89.6 Å². The molecule has 0 aliphatic heterocycles. The minimum Gasteiger partial charge on any atom is -0.364 e. The summed E-state index contributed by atoms with van der Waals surface area (Å²) in [4.78, 5) is 7.47. The number of hydrogen-bond donors (Lipinski definition) is 2. The molecule has 0 saturated carbocycles. The molecule has 2 rings (SSSR count). The summed E-state index contributed by atoms with van der Waals surface area (Å²) in [5, 5.41) is 3.41. The highest BCUT2D eigenvalue weighted by Gasteiger charge is 2.04. The van der Waals surface area contributed by atoms with Crippen molar-refractivity contribution in [3.05, 3.63) is 54.1 Å². The first kappa shape index (κ1) is 9.93. The minimum atomic E-state index is 0.273. The Balaban J connectivity index is 1.90. The Hall–Kier alpha value is -1.61. The normalized spacial score (nSPS) is 12.6. The number of hydrogen-bond acceptors (Lipinski definition) is 2. The molecule has 0 spiro atoms. The van der Waals surface area contributed by atoms with E-state index in [9.17, 15) is 0 Å². The topological polar surface area (TPSA) is 40.7 Å². The molecule has 0 bridgehead atoms. The lowest BCUT2D eigenvalue weighted by molar-refractivity contribution is 0.556. The second-order valence-corrected chi connectivity index (χ2v) is 3.55. The van der Waals surface area contributed by atoms with Crippen LogP contribution in [0.2, 0.25) is 0 Å². The van der Waals surface area contributed by atoms with Crippen LogP contribution in [-0.2, 0) is 6.54 Å². The maximum absolute atomic E-state index is 4.31. The van der Waals surface area contributed by atoms with E-state index in [0.29, 0.717) is 0 Å². The van der Waals surface area contributed by atoms with Crippen molar-refractivity contribution in [2.24, 2.45) is 0 Å². The van der Waals surface area contributed by atoms with Crippen LogP contribution < -0.4 is 5.32 Å². The van der Waals surface area contributed by atoms with Crippen molar-refractivity contribution < 1.29 is 0 Å². The third-order valence-corrected chi connectivity index (χ3v) is 2.39. The predicted molar refractivity (Wildman–Crippen MR) is 60.3 cm³/mol. The SMILES string of the molecule is CC(NCc1ccc[nH]1)c1ccccn1. The highest BCUT2D eigenvalue weighted by atomic mass is 14.9. The van der Waals surface area contributed by atoms with Gasteiger partial charge in [0.25, 0.3) is 0 Å². The van der Waals surface area contributed by atoms with Gasteiger partial charge in [0.1, 0.15) is 0 Å². The van der Waals surface area contributed by atoms with Crippen molar-refractivity contribution in [2.45, 2.75) is 19.5 Å². The number of aromatic amines is 1. The third-order valence-electron chi connectivity index (χ3n) is 2.39. The van der Waals surface area contributed by atoms with Crippen LogP contribution in [0.3, 0.4) is 0 Å². The lowest BCUT2D eigenvalue weighted by atomic mass is 10.2. The van der Waals surface area contributed by atoms with Gasteiger partial charge in [-0.05, 0) is 31.2 Å². The van der Waals surface area contributed by atoms with Gasteiger partial charge in [-0.25, -0.2) is 0 Å². The lowest BCUT2D eigenvalue weighted by Gasteiger charge is -2.12. The summed E-state index contributed by atoms with van der Waals surface area (Å²) in [5.41, 5.74) is 2.27. The van der Waals surface area contributed by atoms with Crippen LogP contribution in [0.4, 0.5) is 0 Å². The average molecular weight is 201 g/mol. The molecular weight excluding hydrogens is 186 g/mol. The van der Waals surface area contributed by atoms with E-state index in [0.717, 1.165) is 12.2 Å². The van der Waals surface area contributed by atoms with Gasteiger partial charge in [-0.3, -0.25) is 4.98 Å². The molecule has 2 heterocycles. The summed E-state index contributed by atoms with van der Waals surface area (Å²) in [6, 6.07) is 10.3. The molecule has 0 saturated heterocycles. The minimum absolute atomic E-state index is 0.273. The summed E-state index contributed by atoms with van der Waals surface area (Å²) in [6.07, 6.45) is 3.75. The second-order valence-electron chi connectivity index (χ2n) is 3.55. The first-order valence-corrected chi connectivity index (χ1v) is 5.13. The zero-order chi connectivity index (χ0) is 10.5. The van der Waals surface area contributed by atoms with Crippen molar-refractivity contribution >= 4 is 0 Å². The summed E-state index contributed by atoms with van der Waals surface area (Å²) in [5.74, 6) is 0. The van der Waals surface area contributed by atoms with Gasteiger partial charge in [0, 0.05) is 30.7 Å². The lowest BCUT2D eigenvalue weighted by Crippen LogP contribution is -2.19. The first-order chi connectivity index (χ1) is 7.36. The summed E-state index contributed by atoms with van der Waals surface area (Å²) in [7, 11) is 0. The molecule has 0 radical (unpaired) electrons. The fourth-order valence-electron chi connectivity index (χ4n) is 1.48. The fraction of sp³-hybridized carbons (Fsp3) is 0.250. The number of H-pyrrole nitrogens is 1. The van der Waals surface area contributed by atoms with Gasteiger partial charge in [-0.2, -0.15) is 0 Å². The molecule has 0 aliphatic rings. The molecule has 2 aromatic heterocycles. The number of aromatic nitrogens is 2. The molecule has 2 aromatic rings. The number of pyridine rings is 1. The van der Waals surface area contributed by atoms with Gasteiger partial charge in [0.2, 0.25) is 0 Å². The molecule has 0 amide bonds. The maximum atomic E-state index is 4.31. The van der Waals surface area contributed by atoms with Crippen LogP contribution in [0.25, 0.3) is 0 Å². The molecule has 1 unspecified atom stereocenters. The van der Waals surface area contributed by atoms with Gasteiger partial charge < -0.3 is 10.3 Å². The Kier molecular flexibility index (Phi) is 3.15. The monoisotopic (exact) mass is 201 g/mol. The first-order valence-electron chi connectivity index (χ1n) is 5.13. The molecule has 78 valence electrons. The Bertz CT molecular complexity index is 381. The highest BCUT2D eigenvalue weighted by Crippen LogP contribution is 2.08. The van der Waals surface area contributed by atoms with Crippen LogP contribution in [0, 0.1) is 0 Å². The number of nitrogens with one attached hydrogen (secondary N) is 2. The molecule has 3 nitrogen and oxygen atoms in total. The van der Waals surface area contributed by atoms with Gasteiger partial charge in [-0.1, -0.05) is 6.07 Å². The van der Waals surface area contributed by atoms with E-state index >= 15 is 0 Å². The molecule has 0 aromatic carbocycles. The quantitative estimate of drug-likeness (QED) is 0.796. The van der Waals surface area contributed by atoms with Crippen molar-refractivity contribution in [1.82, 2.24) is 15.3 Å². The van der Waals surface area contributed by atoms with Crippen LogP contribution in [0.5, 0.6) is 0 Å². The van der Waals surface area contributed by atoms with E-state index in [-0.39, 0.29) is 6.04 Å². The van der Waals surface area contributed by atoms with Crippen molar-refractivity contribution in [2.75, 3.05) is 0 Å². The molecule has 0 aliphatic carbocycles. The van der Waals surface area contributed by atoms with E-state index in [4.69, 9.17) is 0 Å². The zero-order valence-corrected chi connectivity index (χ0v) is 8.77. The van der Waals surface area contributed by atoms with Gasteiger partial charge in [0.15, 0.2) is 0 Å². The highest BCUT2D eigenvalue weighted by molar-refractivity contribution is 5.09.